The molecule has 0 aliphatic rings. The Kier molecular flexibility index (Phi) is 3.47. The normalized spacial score (nSPS) is 13.7. The van der Waals surface area contributed by atoms with E-state index < -0.39 is 27.9 Å². The van der Waals surface area contributed by atoms with Crippen LogP contribution in [-0.2, 0) is 14.3 Å². The molecule has 0 aliphatic carbocycles. The van der Waals surface area contributed by atoms with E-state index >= 15 is 0 Å². The molecule has 0 N–H and O–H groups in total. The lowest BCUT2D eigenvalue weighted by molar-refractivity contribution is -0.147. The predicted molar refractivity (Wildman–Crippen MR) is 36.1 cm³/mol. The van der Waals surface area contributed by atoms with Crippen molar-refractivity contribution >= 4 is 10.1 Å². The zero-order chi connectivity index (χ0) is 11.6. The molecule has 0 atom stereocenters. The molecule has 4 nitrogen and oxygen atoms in total. The molecule has 0 fully saturated rings. The van der Waals surface area contributed by atoms with Crippen LogP contribution in [0.2, 0.25) is 0 Å². The van der Waals surface area contributed by atoms with Gasteiger partial charge in [0.05, 0.1) is 6.07 Å². The summed E-state index contributed by atoms with van der Waals surface area (Å²) in [6.45, 7) is -1.51. The fourth-order valence-corrected chi connectivity index (χ4v) is 1.19. The van der Waals surface area contributed by atoms with E-state index in [4.69, 9.17) is 5.26 Å². The first-order chi connectivity index (χ1) is 6.06. The van der Waals surface area contributed by atoms with Crippen LogP contribution < -0.4 is 0 Å². The van der Waals surface area contributed by atoms with Gasteiger partial charge in [0.15, 0.2) is 6.61 Å². The van der Waals surface area contributed by atoms with Gasteiger partial charge in [-0.1, -0.05) is 0 Å². The van der Waals surface area contributed by atoms with Gasteiger partial charge >= 0.3 is 21.3 Å². The Labute approximate surface area is 77.2 Å². The van der Waals surface area contributed by atoms with Crippen LogP contribution in [0, 0.1) is 11.3 Å². The van der Waals surface area contributed by atoms with Gasteiger partial charge in [-0.3, -0.25) is 0 Å². The molecule has 14 heavy (non-hydrogen) atoms. The van der Waals surface area contributed by atoms with Crippen LogP contribution in [0.1, 0.15) is 6.92 Å². The number of hydrogen-bond donors (Lipinski definition) is 0. The minimum absolute atomic E-state index is 0.264. The van der Waals surface area contributed by atoms with Gasteiger partial charge in [-0.2, -0.15) is 31.2 Å². The molecule has 0 aromatic rings. The molecule has 0 spiro atoms. The summed E-state index contributed by atoms with van der Waals surface area (Å²) < 4.78 is 73.4. The molecule has 0 bridgehead atoms. The van der Waals surface area contributed by atoms with Crippen molar-refractivity contribution in [3.8, 4) is 6.07 Å². The fraction of sp³-hybridized carbons (Fsp3) is 0.800. The van der Waals surface area contributed by atoms with Gasteiger partial charge in [0.1, 0.15) is 0 Å². The monoisotopic (exact) mass is 235 g/mol. The SMILES string of the molecule is CC(F)(F)C(F)(F)S(=O)(=O)OCC#N. The van der Waals surface area contributed by atoms with Crippen molar-refractivity contribution in [2.75, 3.05) is 6.61 Å². The summed E-state index contributed by atoms with van der Waals surface area (Å²) in [6, 6.07) is 1.07. The van der Waals surface area contributed by atoms with E-state index in [1.807, 2.05) is 0 Å². The van der Waals surface area contributed by atoms with E-state index in [0.29, 0.717) is 0 Å². The summed E-state index contributed by atoms with van der Waals surface area (Å²) in [5.74, 6) is -4.78. The average Bonchev–Trinajstić information content (AvgIpc) is 1.98. The number of rotatable bonds is 4. The molecule has 0 aliphatic heterocycles. The summed E-state index contributed by atoms with van der Waals surface area (Å²) in [6.07, 6.45) is 0. The third-order valence-electron chi connectivity index (χ3n) is 1.10. The Balaban J connectivity index is 5.02. The van der Waals surface area contributed by atoms with E-state index in [-0.39, 0.29) is 6.92 Å². The highest BCUT2D eigenvalue weighted by molar-refractivity contribution is 7.87. The van der Waals surface area contributed by atoms with Crippen LogP contribution in [-0.4, -0.2) is 26.2 Å². The van der Waals surface area contributed by atoms with E-state index in [2.05, 4.69) is 4.18 Å². The highest BCUT2D eigenvalue weighted by atomic mass is 32.2. The van der Waals surface area contributed by atoms with Crippen molar-refractivity contribution in [2.24, 2.45) is 0 Å². The van der Waals surface area contributed by atoms with Crippen molar-refractivity contribution in [1.29, 1.82) is 5.26 Å². The van der Waals surface area contributed by atoms with Crippen molar-refractivity contribution in [3.05, 3.63) is 0 Å². The molecular weight excluding hydrogens is 230 g/mol. The van der Waals surface area contributed by atoms with Gasteiger partial charge < -0.3 is 0 Å². The third-order valence-corrected chi connectivity index (χ3v) is 2.52. The highest BCUT2D eigenvalue weighted by Crippen LogP contribution is 2.38. The highest BCUT2D eigenvalue weighted by Gasteiger charge is 2.63. The maximum Gasteiger partial charge on any atom is 0.431 e. The molecular formula is C5H5F4NO3S. The van der Waals surface area contributed by atoms with Gasteiger partial charge in [-0.15, -0.1) is 0 Å². The number of nitriles is 1. The van der Waals surface area contributed by atoms with Gasteiger partial charge in [0.2, 0.25) is 0 Å². The van der Waals surface area contributed by atoms with E-state index in [0.717, 1.165) is 6.07 Å². The molecule has 0 unspecified atom stereocenters. The second kappa shape index (κ2) is 3.70. The second-order valence-corrected chi connectivity index (χ2v) is 3.94. The van der Waals surface area contributed by atoms with Gasteiger partial charge in [0, 0.05) is 6.92 Å². The van der Waals surface area contributed by atoms with E-state index in [1.165, 1.54) is 0 Å². The van der Waals surface area contributed by atoms with Crippen molar-refractivity contribution in [3.63, 3.8) is 0 Å². The summed E-state index contributed by atoms with van der Waals surface area (Å²) in [5, 5.41) is 2.48. The van der Waals surface area contributed by atoms with E-state index in [9.17, 15) is 26.0 Å². The minimum atomic E-state index is -5.79. The zero-order valence-electron chi connectivity index (χ0n) is 6.80. The standard InChI is InChI=1S/C5H5F4NO3S/c1-4(6,7)5(8,9)14(11,12)13-3-2-10/h3H2,1H3. The molecule has 0 aromatic carbocycles. The largest absolute Gasteiger partial charge is 0.431 e. The first-order valence-corrected chi connectivity index (χ1v) is 4.48. The second-order valence-electron chi connectivity index (χ2n) is 2.28. The lowest BCUT2D eigenvalue weighted by Gasteiger charge is -2.21. The van der Waals surface area contributed by atoms with Crippen LogP contribution in [0.15, 0.2) is 0 Å². The minimum Gasteiger partial charge on any atom is -0.250 e. The first kappa shape index (κ1) is 13.1. The summed E-state index contributed by atoms with van der Waals surface area (Å²) in [7, 11) is -5.79. The molecule has 0 radical (unpaired) electrons. The Hall–Kier alpha value is -0.880. The maximum atomic E-state index is 12.5. The number of alkyl halides is 4. The molecule has 9 heteroatoms. The Bertz CT molecular complexity index is 339. The first-order valence-electron chi connectivity index (χ1n) is 3.08. The molecule has 0 amide bonds. The van der Waals surface area contributed by atoms with Gasteiger partial charge in [-0.25, -0.2) is 4.18 Å². The number of hydrogen-bond acceptors (Lipinski definition) is 4. The molecule has 0 rings (SSSR count). The van der Waals surface area contributed by atoms with Crippen molar-refractivity contribution < 1.29 is 30.2 Å². The molecule has 0 saturated heterocycles. The smallest absolute Gasteiger partial charge is 0.250 e. The van der Waals surface area contributed by atoms with Crippen LogP contribution in [0.4, 0.5) is 17.6 Å². The molecule has 0 saturated carbocycles. The lowest BCUT2D eigenvalue weighted by Crippen LogP contribution is -2.45. The quantitative estimate of drug-likeness (QED) is 0.540. The lowest BCUT2D eigenvalue weighted by atomic mass is 10.4. The molecule has 0 heterocycles. The summed E-state index contributed by atoms with van der Waals surface area (Å²) >= 11 is 0. The Morgan fingerprint density at radius 2 is 1.79 bits per heavy atom. The van der Waals surface area contributed by atoms with Crippen LogP contribution in [0.25, 0.3) is 0 Å². The van der Waals surface area contributed by atoms with Crippen molar-refractivity contribution in [1.82, 2.24) is 0 Å². The summed E-state index contributed by atoms with van der Waals surface area (Å²) in [5.41, 5.74) is 0. The Morgan fingerprint density at radius 1 is 1.36 bits per heavy atom. The number of halogens is 4. The average molecular weight is 235 g/mol. The third kappa shape index (κ3) is 2.33. The maximum absolute atomic E-state index is 12.5. The molecule has 0 aromatic heterocycles. The number of nitrogens with zero attached hydrogens (tertiary/aromatic N) is 1. The fourth-order valence-electron chi connectivity index (χ4n) is 0.397. The van der Waals surface area contributed by atoms with Gasteiger partial charge in [0.25, 0.3) is 0 Å². The zero-order valence-corrected chi connectivity index (χ0v) is 7.62. The van der Waals surface area contributed by atoms with Gasteiger partial charge in [-0.05, 0) is 0 Å². The Morgan fingerprint density at radius 3 is 2.07 bits per heavy atom. The van der Waals surface area contributed by atoms with E-state index in [1.54, 1.807) is 0 Å². The van der Waals surface area contributed by atoms with Crippen LogP contribution >= 0.6 is 0 Å². The van der Waals surface area contributed by atoms with Crippen molar-refractivity contribution in [2.45, 2.75) is 18.1 Å². The predicted octanol–water partition coefficient (Wildman–Crippen LogP) is 1.10. The topological polar surface area (TPSA) is 67.2 Å². The molecule has 82 valence electrons. The van der Waals surface area contributed by atoms with Crippen LogP contribution in [0.5, 0.6) is 0 Å². The van der Waals surface area contributed by atoms with Crippen LogP contribution in [0.3, 0.4) is 0 Å². The summed E-state index contributed by atoms with van der Waals surface area (Å²) in [4.78, 5) is 0.